The van der Waals surface area contributed by atoms with Crippen LogP contribution in [0.2, 0.25) is 5.02 Å². The molecular formula is C17H16BrClO2. The van der Waals surface area contributed by atoms with Crippen LogP contribution in [0, 0.1) is 0 Å². The van der Waals surface area contributed by atoms with Crippen LogP contribution in [0.15, 0.2) is 46.9 Å². The Kier molecular flexibility index (Phi) is 4.53. The molecule has 2 aromatic carbocycles. The Labute approximate surface area is 137 Å². The number of benzene rings is 2. The number of fused-ring (bicyclic) bond motifs is 1. The molecule has 4 heteroatoms. The highest BCUT2D eigenvalue weighted by Crippen LogP contribution is 2.40. The van der Waals surface area contributed by atoms with Gasteiger partial charge in [0.05, 0.1) is 12.7 Å². The van der Waals surface area contributed by atoms with Crippen molar-refractivity contribution in [3.05, 3.63) is 63.1 Å². The van der Waals surface area contributed by atoms with Crippen LogP contribution in [-0.4, -0.2) is 11.7 Å². The molecule has 2 aromatic rings. The molecule has 2 atom stereocenters. The number of rotatable bonds is 3. The Morgan fingerprint density at radius 1 is 1.29 bits per heavy atom. The zero-order chi connectivity index (χ0) is 14.8. The number of para-hydroxylation sites is 1. The van der Waals surface area contributed by atoms with Crippen molar-refractivity contribution in [3.63, 3.8) is 0 Å². The van der Waals surface area contributed by atoms with E-state index in [-0.39, 0.29) is 0 Å². The van der Waals surface area contributed by atoms with E-state index in [1.165, 1.54) is 5.56 Å². The number of hydrogen-bond acceptors (Lipinski definition) is 2. The molecule has 2 unspecified atom stereocenters. The van der Waals surface area contributed by atoms with E-state index in [4.69, 9.17) is 16.3 Å². The van der Waals surface area contributed by atoms with Gasteiger partial charge in [-0.3, -0.25) is 0 Å². The van der Waals surface area contributed by atoms with E-state index in [9.17, 15) is 5.11 Å². The predicted octanol–water partition coefficient (Wildman–Crippen LogP) is 5.09. The Morgan fingerprint density at radius 3 is 2.95 bits per heavy atom. The fraction of sp³-hybridized carbons (Fsp3) is 0.294. The van der Waals surface area contributed by atoms with Gasteiger partial charge in [-0.1, -0.05) is 45.7 Å². The maximum Gasteiger partial charge on any atom is 0.122 e. The second-order valence-corrected chi connectivity index (χ2v) is 6.61. The third-order valence-electron chi connectivity index (χ3n) is 3.91. The molecule has 3 rings (SSSR count). The molecule has 0 saturated carbocycles. The lowest BCUT2D eigenvalue weighted by Gasteiger charge is -2.27. The van der Waals surface area contributed by atoms with Gasteiger partial charge < -0.3 is 9.84 Å². The maximum atomic E-state index is 10.6. The standard InChI is InChI=1S/C17H16BrClO2/c18-12-5-6-15(19)14(10-12)16(20)9-11-7-8-21-17-4-2-1-3-13(11)17/h1-6,10-11,16,20H,7-9H2. The molecule has 0 aliphatic carbocycles. The van der Waals surface area contributed by atoms with Crippen LogP contribution in [0.3, 0.4) is 0 Å². The second kappa shape index (κ2) is 6.39. The fourth-order valence-electron chi connectivity index (χ4n) is 2.83. The number of aliphatic hydroxyl groups is 1. The minimum absolute atomic E-state index is 0.292. The van der Waals surface area contributed by atoms with Gasteiger partial charge in [0, 0.05) is 15.1 Å². The van der Waals surface area contributed by atoms with Crippen LogP contribution in [0.1, 0.15) is 36.0 Å². The number of hydrogen-bond donors (Lipinski definition) is 1. The summed E-state index contributed by atoms with van der Waals surface area (Å²) in [5, 5.41) is 11.2. The van der Waals surface area contributed by atoms with Gasteiger partial charge in [0.15, 0.2) is 0 Å². The third-order valence-corrected chi connectivity index (χ3v) is 4.74. The molecule has 1 N–H and O–H groups in total. The van der Waals surface area contributed by atoms with Crippen molar-refractivity contribution in [3.8, 4) is 5.75 Å². The smallest absolute Gasteiger partial charge is 0.122 e. The van der Waals surface area contributed by atoms with Crippen molar-refractivity contribution in [2.45, 2.75) is 24.9 Å². The van der Waals surface area contributed by atoms with E-state index in [1.807, 2.05) is 36.4 Å². The Morgan fingerprint density at radius 2 is 2.10 bits per heavy atom. The van der Waals surface area contributed by atoms with Crippen LogP contribution >= 0.6 is 27.5 Å². The van der Waals surface area contributed by atoms with Gasteiger partial charge in [-0.2, -0.15) is 0 Å². The molecule has 0 saturated heterocycles. The van der Waals surface area contributed by atoms with E-state index in [0.717, 1.165) is 22.2 Å². The average molecular weight is 368 g/mol. The van der Waals surface area contributed by atoms with Crippen molar-refractivity contribution < 1.29 is 9.84 Å². The fourth-order valence-corrected chi connectivity index (χ4v) is 3.45. The quantitative estimate of drug-likeness (QED) is 0.818. The molecule has 0 bridgehead atoms. The Bertz CT molecular complexity index is 644. The van der Waals surface area contributed by atoms with E-state index in [0.29, 0.717) is 24.0 Å². The molecule has 110 valence electrons. The first kappa shape index (κ1) is 14.9. The van der Waals surface area contributed by atoms with Crippen LogP contribution in [-0.2, 0) is 0 Å². The highest BCUT2D eigenvalue weighted by atomic mass is 79.9. The van der Waals surface area contributed by atoms with Crippen molar-refractivity contribution in [1.82, 2.24) is 0 Å². The molecule has 0 radical (unpaired) electrons. The van der Waals surface area contributed by atoms with Crippen molar-refractivity contribution in [2.75, 3.05) is 6.61 Å². The minimum atomic E-state index is -0.578. The first-order chi connectivity index (χ1) is 10.1. The van der Waals surface area contributed by atoms with Crippen LogP contribution < -0.4 is 4.74 Å². The molecule has 1 heterocycles. The van der Waals surface area contributed by atoms with Gasteiger partial charge >= 0.3 is 0 Å². The van der Waals surface area contributed by atoms with Crippen molar-refractivity contribution >= 4 is 27.5 Å². The van der Waals surface area contributed by atoms with E-state index < -0.39 is 6.10 Å². The van der Waals surface area contributed by atoms with Crippen LogP contribution in [0.25, 0.3) is 0 Å². The Balaban J connectivity index is 1.82. The lowest BCUT2D eigenvalue weighted by molar-refractivity contribution is 0.145. The lowest BCUT2D eigenvalue weighted by Crippen LogP contribution is -2.16. The first-order valence-electron chi connectivity index (χ1n) is 7.00. The summed E-state index contributed by atoms with van der Waals surface area (Å²) in [6.45, 7) is 0.695. The number of aliphatic hydroxyl groups excluding tert-OH is 1. The highest BCUT2D eigenvalue weighted by Gasteiger charge is 2.25. The summed E-state index contributed by atoms with van der Waals surface area (Å²) in [5.41, 5.74) is 1.95. The molecule has 1 aliphatic heterocycles. The largest absolute Gasteiger partial charge is 0.493 e. The minimum Gasteiger partial charge on any atom is -0.493 e. The zero-order valence-corrected chi connectivity index (χ0v) is 13.8. The SMILES string of the molecule is OC(CC1CCOc2ccccc21)c1cc(Br)ccc1Cl. The second-order valence-electron chi connectivity index (χ2n) is 5.29. The Hall–Kier alpha value is -1.03. The first-order valence-corrected chi connectivity index (χ1v) is 8.17. The molecule has 2 nitrogen and oxygen atoms in total. The summed E-state index contributed by atoms with van der Waals surface area (Å²) in [6.07, 6.45) is 0.988. The molecule has 0 fully saturated rings. The normalized spacial score (nSPS) is 18.7. The van der Waals surface area contributed by atoms with Gasteiger partial charge in [-0.25, -0.2) is 0 Å². The van der Waals surface area contributed by atoms with Gasteiger partial charge in [-0.05, 0) is 48.6 Å². The molecule has 0 aromatic heterocycles. The van der Waals surface area contributed by atoms with E-state index in [1.54, 1.807) is 0 Å². The topological polar surface area (TPSA) is 29.5 Å². The summed E-state index contributed by atoms with van der Waals surface area (Å²) in [5.74, 6) is 1.22. The maximum absolute atomic E-state index is 10.6. The van der Waals surface area contributed by atoms with E-state index >= 15 is 0 Å². The highest BCUT2D eigenvalue weighted by molar-refractivity contribution is 9.10. The molecule has 0 spiro atoms. The van der Waals surface area contributed by atoms with Gasteiger partial charge in [0.1, 0.15) is 5.75 Å². The molecule has 0 amide bonds. The van der Waals surface area contributed by atoms with E-state index in [2.05, 4.69) is 22.0 Å². The van der Waals surface area contributed by atoms with Gasteiger partial charge in [0.25, 0.3) is 0 Å². The van der Waals surface area contributed by atoms with Gasteiger partial charge in [-0.15, -0.1) is 0 Å². The zero-order valence-electron chi connectivity index (χ0n) is 11.4. The number of halogens is 2. The summed E-state index contributed by atoms with van der Waals surface area (Å²) >= 11 is 9.63. The lowest BCUT2D eigenvalue weighted by atomic mass is 9.86. The van der Waals surface area contributed by atoms with Crippen LogP contribution in [0.4, 0.5) is 0 Å². The summed E-state index contributed by atoms with van der Waals surface area (Å²) in [6, 6.07) is 13.6. The average Bonchev–Trinajstić information content (AvgIpc) is 2.50. The van der Waals surface area contributed by atoms with Crippen molar-refractivity contribution in [2.24, 2.45) is 0 Å². The van der Waals surface area contributed by atoms with Crippen molar-refractivity contribution in [1.29, 1.82) is 0 Å². The monoisotopic (exact) mass is 366 g/mol. The molecular weight excluding hydrogens is 352 g/mol. The number of ether oxygens (including phenoxy) is 1. The summed E-state index contributed by atoms with van der Waals surface area (Å²) in [7, 11) is 0. The third kappa shape index (κ3) is 3.25. The summed E-state index contributed by atoms with van der Waals surface area (Å²) < 4.78 is 6.59. The van der Waals surface area contributed by atoms with Crippen LogP contribution in [0.5, 0.6) is 5.75 Å². The molecule has 1 aliphatic rings. The predicted molar refractivity (Wildman–Crippen MR) is 88.0 cm³/mol. The van der Waals surface area contributed by atoms with Gasteiger partial charge in [0.2, 0.25) is 0 Å². The molecule has 21 heavy (non-hydrogen) atoms. The summed E-state index contributed by atoms with van der Waals surface area (Å²) in [4.78, 5) is 0.